The Morgan fingerprint density at radius 2 is 0.868 bits per heavy atom. The van der Waals surface area contributed by atoms with Crippen molar-refractivity contribution in [1.29, 1.82) is 0 Å². The number of hydrogen-bond donors (Lipinski definition) is 0. The quantitative estimate of drug-likeness (QED) is 0.145. The molecule has 0 bridgehead atoms. The van der Waals surface area contributed by atoms with Gasteiger partial charge in [0.05, 0.1) is 0 Å². The molecule has 38 heavy (non-hydrogen) atoms. The summed E-state index contributed by atoms with van der Waals surface area (Å²) in [6, 6.07) is 47.6. The van der Waals surface area contributed by atoms with Gasteiger partial charge in [0.25, 0.3) is 0 Å². The fourth-order valence-corrected chi connectivity index (χ4v) is 5.80. The van der Waals surface area contributed by atoms with Gasteiger partial charge in [0.15, 0.2) is 0 Å². The third-order valence-electron chi connectivity index (χ3n) is 6.37. The van der Waals surface area contributed by atoms with E-state index in [2.05, 4.69) is 147 Å². The second kappa shape index (κ2) is 16.0. The first-order valence-corrected chi connectivity index (χ1v) is 14.6. The predicted octanol–water partition coefficient (Wildman–Crippen LogP) is 8.09. The minimum absolute atomic E-state index is 0. The maximum absolute atomic E-state index is 2.29. The fourth-order valence-electron chi connectivity index (χ4n) is 4.59. The van der Waals surface area contributed by atoms with Crippen LogP contribution >= 0.6 is 0 Å². The molecule has 6 rings (SSSR count). The Balaban J connectivity index is 0.000000156. The molecule has 0 heterocycles. The zero-order valence-corrected chi connectivity index (χ0v) is 24.9. The summed E-state index contributed by atoms with van der Waals surface area (Å²) in [6.45, 7) is 4.44. The largest absolute Gasteiger partial charge is 2.00 e. The minimum atomic E-state index is 0. The van der Waals surface area contributed by atoms with Crippen LogP contribution in [0.15, 0.2) is 133 Å². The van der Waals surface area contributed by atoms with Crippen LogP contribution in [-0.4, -0.2) is 9.52 Å². The van der Waals surface area contributed by atoms with Crippen molar-refractivity contribution in [2.45, 2.75) is 39.5 Å². The van der Waals surface area contributed by atoms with Gasteiger partial charge in [0.2, 0.25) is 0 Å². The summed E-state index contributed by atoms with van der Waals surface area (Å²) in [7, 11) is 0.271. The van der Waals surface area contributed by atoms with E-state index in [1.165, 1.54) is 68.7 Å². The molecule has 1 radical (unpaired) electrons. The average Bonchev–Trinajstić information content (AvgIpc) is 3.54. The second-order valence-electron chi connectivity index (χ2n) is 9.45. The van der Waals surface area contributed by atoms with Crippen LogP contribution in [0.3, 0.4) is 0 Å². The van der Waals surface area contributed by atoms with Crippen LogP contribution in [0.5, 0.6) is 0 Å². The SMILES string of the molecule is CCCc1cc2ccccc2[cH-]1.CCCc1cc2ccccc2[cH-]1.[Cr+2].c1ccc([SiH]c2ccccc2)cc1. The van der Waals surface area contributed by atoms with E-state index < -0.39 is 0 Å². The molecule has 6 aromatic rings. The molecule has 0 spiro atoms. The molecule has 0 aliphatic rings. The van der Waals surface area contributed by atoms with Crippen molar-refractivity contribution in [3.63, 3.8) is 0 Å². The van der Waals surface area contributed by atoms with Gasteiger partial charge in [-0.3, -0.25) is 0 Å². The molecule has 2 heteroatoms. The van der Waals surface area contributed by atoms with Crippen LogP contribution in [0.1, 0.15) is 37.8 Å². The summed E-state index contributed by atoms with van der Waals surface area (Å²) < 4.78 is 0. The Hall–Kier alpha value is -3.15. The first-order chi connectivity index (χ1) is 18.2. The first kappa shape index (κ1) is 29.4. The van der Waals surface area contributed by atoms with E-state index in [1.807, 2.05) is 0 Å². The van der Waals surface area contributed by atoms with Crippen molar-refractivity contribution in [3.8, 4) is 0 Å². The van der Waals surface area contributed by atoms with Crippen LogP contribution in [0.4, 0.5) is 0 Å². The first-order valence-electron chi connectivity index (χ1n) is 13.5. The topological polar surface area (TPSA) is 0 Å². The number of rotatable bonds is 6. The molecule has 0 N–H and O–H groups in total. The number of hydrogen-bond acceptors (Lipinski definition) is 0. The monoisotopic (exact) mass is 549 g/mol. The van der Waals surface area contributed by atoms with E-state index >= 15 is 0 Å². The van der Waals surface area contributed by atoms with Crippen molar-refractivity contribution in [2.24, 2.45) is 0 Å². The van der Waals surface area contributed by atoms with Crippen molar-refractivity contribution in [1.82, 2.24) is 0 Å². The smallest absolute Gasteiger partial charge is 0.165 e. The summed E-state index contributed by atoms with van der Waals surface area (Å²) in [5.74, 6) is 0. The van der Waals surface area contributed by atoms with Gasteiger partial charge >= 0.3 is 17.4 Å². The molecule has 0 amide bonds. The molecule has 6 aromatic carbocycles. The zero-order valence-electron chi connectivity index (χ0n) is 22.5. The van der Waals surface area contributed by atoms with Gasteiger partial charge < -0.3 is 0 Å². The maximum atomic E-state index is 2.29. The van der Waals surface area contributed by atoms with Gasteiger partial charge in [0.1, 0.15) is 9.52 Å². The molecule has 0 nitrogen and oxygen atoms in total. The predicted molar refractivity (Wildman–Crippen MR) is 166 cm³/mol. The summed E-state index contributed by atoms with van der Waals surface area (Å²) >= 11 is 0. The molecule has 0 fully saturated rings. The van der Waals surface area contributed by atoms with E-state index in [0.717, 1.165) is 0 Å². The van der Waals surface area contributed by atoms with Gasteiger partial charge in [-0.15, -0.1) is 81.2 Å². The fraction of sp³-hybridized carbons (Fsp3) is 0.167. The van der Waals surface area contributed by atoms with Crippen LogP contribution in [0, 0.1) is 0 Å². The molecule has 0 saturated carbocycles. The summed E-state index contributed by atoms with van der Waals surface area (Å²) in [5, 5.41) is 8.41. The van der Waals surface area contributed by atoms with Gasteiger partial charge in [0, 0.05) is 0 Å². The molecule has 0 aromatic heterocycles. The van der Waals surface area contributed by atoms with E-state index in [4.69, 9.17) is 0 Å². The van der Waals surface area contributed by atoms with Crippen LogP contribution in [-0.2, 0) is 30.2 Å². The third-order valence-corrected chi connectivity index (χ3v) is 7.80. The molecule has 0 atom stereocenters. The molecule has 0 aliphatic carbocycles. The third kappa shape index (κ3) is 9.00. The van der Waals surface area contributed by atoms with Crippen LogP contribution in [0.2, 0.25) is 0 Å². The Labute approximate surface area is 242 Å². The van der Waals surface area contributed by atoms with Crippen molar-refractivity contribution < 1.29 is 17.4 Å². The Morgan fingerprint density at radius 3 is 1.24 bits per heavy atom. The van der Waals surface area contributed by atoms with E-state index in [9.17, 15) is 0 Å². The average molecular weight is 550 g/mol. The molecular weight excluding hydrogens is 512 g/mol. The van der Waals surface area contributed by atoms with E-state index in [0.29, 0.717) is 0 Å². The molecule has 0 unspecified atom stereocenters. The normalized spacial score (nSPS) is 10.2. The standard InChI is InChI=1S/C12H11Si.2C12H13.Cr/c1-3-7-11(8-4-1)13-12-9-5-2-6-10-12;2*1-2-5-10-8-11-6-3-4-7-12(11)9-10;/h1-10,13H;2*3-4,6-9H,2,5H2,1H3;/q;2*-1;+2. The second-order valence-corrected chi connectivity index (χ2v) is 11.1. The van der Waals surface area contributed by atoms with Gasteiger partial charge in [-0.2, -0.15) is 12.1 Å². The van der Waals surface area contributed by atoms with Crippen LogP contribution < -0.4 is 10.4 Å². The van der Waals surface area contributed by atoms with Crippen molar-refractivity contribution in [2.75, 3.05) is 0 Å². The van der Waals surface area contributed by atoms with Gasteiger partial charge in [-0.05, 0) is 12.8 Å². The maximum Gasteiger partial charge on any atom is 2.00 e. The summed E-state index contributed by atoms with van der Waals surface area (Å²) in [4.78, 5) is 0. The van der Waals surface area contributed by atoms with E-state index in [-0.39, 0.29) is 26.9 Å². The Bertz CT molecular complexity index is 1280. The molecule has 0 saturated heterocycles. The molecular formula is C36H37CrSi. The number of fused-ring (bicyclic) bond motifs is 2. The van der Waals surface area contributed by atoms with Gasteiger partial charge in [-0.1, -0.05) is 110 Å². The molecule has 0 aliphatic heterocycles. The Morgan fingerprint density at radius 1 is 0.500 bits per heavy atom. The summed E-state index contributed by atoms with van der Waals surface area (Å²) in [5.41, 5.74) is 2.94. The van der Waals surface area contributed by atoms with E-state index in [1.54, 1.807) is 0 Å². The molecule has 191 valence electrons. The Kier molecular flexibility index (Phi) is 12.3. The zero-order chi connectivity index (χ0) is 25.7. The number of benzene rings is 4. The minimum Gasteiger partial charge on any atom is -0.165 e. The van der Waals surface area contributed by atoms with Crippen LogP contribution in [0.25, 0.3) is 21.5 Å². The number of aryl methyl sites for hydroxylation is 2. The van der Waals surface area contributed by atoms with Crippen molar-refractivity contribution in [3.05, 3.63) is 145 Å². The summed E-state index contributed by atoms with van der Waals surface area (Å²) in [6.07, 6.45) is 4.87. The van der Waals surface area contributed by atoms with Crippen molar-refractivity contribution >= 4 is 41.4 Å². The van der Waals surface area contributed by atoms with Gasteiger partial charge in [-0.25, -0.2) is 0 Å².